The van der Waals surface area contributed by atoms with E-state index < -0.39 is 0 Å². The Balaban J connectivity index is 1.88. The molecule has 0 saturated carbocycles. The van der Waals surface area contributed by atoms with Gasteiger partial charge >= 0.3 is 0 Å². The van der Waals surface area contributed by atoms with Gasteiger partial charge in [-0.05, 0) is 47.7 Å². The Morgan fingerprint density at radius 3 is 2.65 bits per heavy atom. The Morgan fingerprint density at radius 2 is 2.00 bits per heavy atom. The maximum atomic E-state index is 12.4. The number of hydrogen-bond donors (Lipinski definition) is 2. The fraction of sp³-hybridized carbons (Fsp3) is 0.0667. The molecule has 1 amide bonds. The lowest BCUT2D eigenvalue weighted by molar-refractivity contribution is 0.102. The van der Waals surface area contributed by atoms with Gasteiger partial charge in [0.2, 0.25) is 5.82 Å². The molecule has 0 aliphatic rings. The standard InChI is InChI=1S/C15H12BrN5O2/c1-23-11-5-2-9(3-6-11)15(22)17-13-7-4-10(16)8-12(13)14-18-20-21-19-14/h2-8H,1H3,(H,17,22)(H,18,19,20,21). The molecule has 23 heavy (non-hydrogen) atoms. The molecule has 2 N–H and O–H groups in total. The van der Waals surface area contributed by atoms with E-state index in [1.165, 1.54) is 0 Å². The fourth-order valence-electron chi connectivity index (χ4n) is 2.02. The molecule has 0 bridgehead atoms. The number of nitrogens with one attached hydrogen (secondary N) is 2. The third kappa shape index (κ3) is 3.37. The molecule has 0 saturated heterocycles. The van der Waals surface area contributed by atoms with E-state index in [1.54, 1.807) is 37.4 Å². The first-order valence-electron chi connectivity index (χ1n) is 6.66. The zero-order valence-corrected chi connectivity index (χ0v) is 13.7. The van der Waals surface area contributed by atoms with Crippen LogP contribution in [0.3, 0.4) is 0 Å². The number of H-pyrrole nitrogens is 1. The van der Waals surface area contributed by atoms with Crippen LogP contribution in [0.5, 0.6) is 5.75 Å². The number of carbonyl (C=O) groups excluding carboxylic acids is 1. The van der Waals surface area contributed by atoms with Crippen molar-refractivity contribution < 1.29 is 9.53 Å². The Labute approximate surface area is 140 Å². The average molecular weight is 374 g/mol. The van der Waals surface area contributed by atoms with Gasteiger partial charge < -0.3 is 10.1 Å². The number of aromatic amines is 1. The predicted molar refractivity (Wildman–Crippen MR) is 88.3 cm³/mol. The lowest BCUT2D eigenvalue weighted by Gasteiger charge is -2.10. The SMILES string of the molecule is COc1ccc(C(=O)Nc2ccc(Br)cc2-c2nn[nH]n2)cc1. The molecule has 0 aliphatic heterocycles. The molecule has 1 aromatic heterocycles. The molecule has 8 heteroatoms. The van der Waals surface area contributed by atoms with Crippen molar-refractivity contribution in [3.63, 3.8) is 0 Å². The lowest BCUT2D eigenvalue weighted by Crippen LogP contribution is -2.12. The van der Waals surface area contributed by atoms with Crippen molar-refractivity contribution in [2.75, 3.05) is 12.4 Å². The van der Waals surface area contributed by atoms with Crippen molar-refractivity contribution in [2.24, 2.45) is 0 Å². The van der Waals surface area contributed by atoms with Crippen LogP contribution in [0.2, 0.25) is 0 Å². The number of hydrogen-bond acceptors (Lipinski definition) is 5. The topological polar surface area (TPSA) is 92.8 Å². The molecule has 2 aromatic carbocycles. The zero-order valence-electron chi connectivity index (χ0n) is 12.1. The molecule has 0 radical (unpaired) electrons. The number of halogens is 1. The van der Waals surface area contributed by atoms with Crippen LogP contribution in [-0.2, 0) is 0 Å². The van der Waals surface area contributed by atoms with Crippen LogP contribution in [0.4, 0.5) is 5.69 Å². The summed E-state index contributed by atoms with van der Waals surface area (Å²) in [7, 11) is 1.58. The van der Waals surface area contributed by atoms with Gasteiger partial charge in [-0.15, -0.1) is 10.2 Å². The highest BCUT2D eigenvalue weighted by molar-refractivity contribution is 9.10. The minimum atomic E-state index is -0.236. The summed E-state index contributed by atoms with van der Waals surface area (Å²) >= 11 is 3.40. The summed E-state index contributed by atoms with van der Waals surface area (Å²) in [5.41, 5.74) is 1.78. The van der Waals surface area contributed by atoms with Crippen molar-refractivity contribution in [3.8, 4) is 17.1 Å². The van der Waals surface area contributed by atoms with E-state index in [4.69, 9.17) is 4.74 Å². The van der Waals surface area contributed by atoms with Crippen LogP contribution in [0, 0.1) is 0 Å². The maximum Gasteiger partial charge on any atom is 0.255 e. The van der Waals surface area contributed by atoms with E-state index in [9.17, 15) is 4.79 Å². The molecule has 0 spiro atoms. The minimum absolute atomic E-state index is 0.236. The summed E-state index contributed by atoms with van der Waals surface area (Å²) in [6.07, 6.45) is 0. The minimum Gasteiger partial charge on any atom is -0.497 e. The van der Waals surface area contributed by atoms with Gasteiger partial charge in [-0.2, -0.15) is 5.21 Å². The van der Waals surface area contributed by atoms with Crippen LogP contribution in [-0.4, -0.2) is 33.6 Å². The summed E-state index contributed by atoms with van der Waals surface area (Å²) in [6.45, 7) is 0. The van der Waals surface area contributed by atoms with Crippen LogP contribution >= 0.6 is 15.9 Å². The first-order chi connectivity index (χ1) is 11.2. The summed E-state index contributed by atoms with van der Waals surface area (Å²) in [4.78, 5) is 12.4. The largest absolute Gasteiger partial charge is 0.497 e. The number of nitrogens with zero attached hydrogens (tertiary/aromatic N) is 3. The summed E-state index contributed by atoms with van der Waals surface area (Å²) in [5, 5.41) is 16.7. The molecule has 3 rings (SSSR count). The number of tetrazole rings is 1. The molecule has 0 aliphatic carbocycles. The van der Waals surface area contributed by atoms with Crippen molar-refractivity contribution in [2.45, 2.75) is 0 Å². The third-order valence-corrected chi connectivity index (χ3v) is 3.66. The third-order valence-electron chi connectivity index (χ3n) is 3.17. The highest BCUT2D eigenvalue weighted by atomic mass is 79.9. The predicted octanol–water partition coefficient (Wildman–Crippen LogP) is 2.89. The average Bonchev–Trinajstić information content (AvgIpc) is 3.11. The summed E-state index contributed by atoms with van der Waals surface area (Å²) in [5.74, 6) is 0.855. The van der Waals surface area contributed by atoms with Gasteiger partial charge in [-0.1, -0.05) is 15.9 Å². The van der Waals surface area contributed by atoms with Gasteiger partial charge in [0.25, 0.3) is 5.91 Å². The second-order valence-electron chi connectivity index (χ2n) is 4.61. The number of rotatable bonds is 4. The van der Waals surface area contributed by atoms with Crippen molar-refractivity contribution in [1.29, 1.82) is 0 Å². The van der Waals surface area contributed by atoms with E-state index in [0.29, 0.717) is 28.4 Å². The van der Waals surface area contributed by atoms with Gasteiger partial charge in [0.1, 0.15) is 5.75 Å². The number of amides is 1. The fourth-order valence-corrected chi connectivity index (χ4v) is 2.38. The number of anilines is 1. The zero-order chi connectivity index (χ0) is 16.2. The number of methoxy groups -OCH3 is 1. The molecule has 116 valence electrons. The molecular weight excluding hydrogens is 362 g/mol. The summed E-state index contributed by atoms with van der Waals surface area (Å²) < 4.78 is 5.93. The van der Waals surface area contributed by atoms with Gasteiger partial charge in [-0.25, -0.2) is 0 Å². The normalized spacial score (nSPS) is 10.3. The molecule has 0 atom stereocenters. The monoisotopic (exact) mass is 373 g/mol. The van der Waals surface area contributed by atoms with Crippen LogP contribution in [0.1, 0.15) is 10.4 Å². The second-order valence-corrected chi connectivity index (χ2v) is 5.52. The number of aromatic nitrogens is 4. The molecule has 0 fully saturated rings. The quantitative estimate of drug-likeness (QED) is 0.733. The van der Waals surface area contributed by atoms with E-state index in [0.717, 1.165) is 4.47 Å². The Hall–Kier alpha value is -2.74. The van der Waals surface area contributed by atoms with Crippen LogP contribution < -0.4 is 10.1 Å². The molecule has 7 nitrogen and oxygen atoms in total. The molecule has 0 unspecified atom stereocenters. The molecule has 1 heterocycles. The van der Waals surface area contributed by atoms with Gasteiger partial charge in [0.15, 0.2) is 0 Å². The Bertz CT molecular complexity index is 818. The van der Waals surface area contributed by atoms with Crippen LogP contribution in [0.25, 0.3) is 11.4 Å². The van der Waals surface area contributed by atoms with Gasteiger partial charge in [-0.3, -0.25) is 4.79 Å². The van der Waals surface area contributed by atoms with E-state index in [2.05, 4.69) is 41.9 Å². The Kier molecular flexibility index (Phi) is 4.33. The van der Waals surface area contributed by atoms with E-state index in [1.807, 2.05) is 12.1 Å². The molecule has 3 aromatic rings. The Morgan fingerprint density at radius 1 is 1.22 bits per heavy atom. The summed E-state index contributed by atoms with van der Waals surface area (Å²) in [6, 6.07) is 12.3. The number of carbonyl (C=O) groups is 1. The smallest absolute Gasteiger partial charge is 0.255 e. The molecular formula is C15H12BrN5O2. The number of benzene rings is 2. The van der Waals surface area contributed by atoms with Gasteiger partial charge in [0.05, 0.1) is 12.8 Å². The van der Waals surface area contributed by atoms with E-state index >= 15 is 0 Å². The highest BCUT2D eigenvalue weighted by Gasteiger charge is 2.13. The maximum absolute atomic E-state index is 12.4. The van der Waals surface area contributed by atoms with Gasteiger partial charge in [0, 0.05) is 15.6 Å². The van der Waals surface area contributed by atoms with Crippen molar-refractivity contribution >= 4 is 27.5 Å². The lowest BCUT2D eigenvalue weighted by atomic mass is 10.1. The van der Waals surface area contributed by atoms with E-state index in [-0.39, 0.29) is 5.91 Å². The first kappa shape index (κ1) is 15.2. The van der Waals surface area contributed by atoms with Crippen LogP contribution in [0.15, 0.2) is 46.9 Å². The first-order valence-corrected chi connectivity index (χ1v) is 7.45. The van der Waals surface area contributed by atoms with Crippen molar-refractivity contribution in [3.05, 3.63) is 52.5 Å². The second kappa shape index (κ2) is 6.57. The number of ether oxygens (including phenoxy) is 1. The highest BCUT2D eigenvalue weighted by Crippen LogP contribution is 2.28. The van der Waals surface area contributed by atoms with Crippen molar-refractivity contribution in [1.82, 2.24) is 20.6 Å².